The molecule has 1 aromatic heterocycles. The highest BCUT2D eigenvalue weighted by Crippen LogP contribution is 2.19. The summed E-state index contributed by atoms with van der Waals surface area (Å²) in [6.45, 7) is 1.98. The first-order valence-corrected chi connectivity index (χ1v) is 5.35. The van der Waals surface area contributed by atoms with Crippen LogP contribution in [-0.4, -0.2) is 27.8 Å². The first-order valence-electron chi connectivity index (χ1n) is 5.35. The molecule has 0 fully saturated rings. The van der Waals surface area contributed by atoms with Gasteiger partial charge in [0.05, 0.1) is 12.1 Å². The first-order chi connectivity index (χ1) is 8.18. The van der Waals surface area contributed by atoms with E-state index in [-0.39, 0.29) is 0 Å². The van der Waals surface area contributed by atoms with E-state index in [0.29, 0.717) is 12.4 Å². The molecule has 0 spiro atoms. The van der Waals surface area contributed by atoms with Gasteiger partial charge in [0.25, 0.3) is 0 Å². The molecule has 5 nitrogen and oxygen atoms in total. The predicted molar refractivity (Wildman–Crippen MR) is 64.8 cm³/mol. The van der Waals surface area contributed by atoms with Gasteiger partial charge in [-0.15, -0.1) is 5.10 Å². The van der Waals surface area contributed by atoms with E-state index in [0.717, 1.165) is 10.8 Å². The summed E-state index contributed by atoms with van der Waals surface area (Å²) < 4.78 is 0. The topological polar surface area (TPSA) is 75.1 Å². The summed E-state index contributed by atoms with van der Waals surface area (Å²) in [5.74, 6) is -0.669. The van der Waals surface area contributed by atoms with Gasteiger partial charge in [-0.1, -0.05) is 31.2 Å². The average Bonchev–Trinajstić information content (AvgIpc) is 2.35. The maximum atomic E-state index is 10.7. The predicted octanol–water partition coefficient (Wildman–Crippen LogP) is 1.76. The van der Waals surface area contributed by atoms with Crippen molar-refractivity contribution >= 4 is 22.6 Å². The minimum atomic E-state index is -0.828. The Morgan fingerprint density at radius 1 is 1.47 bits per heavy atom. The van der Waals surface area contributed by atoms with Crippen molar-refractivity contribution in [2.24, 2.45) is 5.92 Å². The van der Waals surface area contributed by atoms with Gasteiger partial charge in [-0.25, -0.2) is 0 Å². The highest BCUT2D eigenvalue weighted by molar-refractivity contribution is 5.90. The summed E-state index contributed by atoms with van der Waals surface area (Å²) in [7, 11) is 0. The Labute approximate surface area is 98.5 Å². The second kappa shape index (κ2) is 4.78. The number of rotatable bonds is 4. The zero-order valence-electron chi connectivity index (χ0n) is 9.42. The number of hydrogen-bond acceptors (Lipinski definition) is 4. The van der Waals surface area contributed by atoms with Crippen LogP contribution >= 0.6 is 0 Å². The number of nitrogens with zero attached hydrogens (tertiary/aromatic N) is 2. The van der Waals surface area contributed by atoms with Crippen LogP contribution in [0.3, 0.4) is 0 Å². The summed E-state index contributed by atoms with van der Waals surface area (Å²) >= 11 is 0. The number of aromatic nitrogens is 2. The summed E-state index contributed by atoms with van der Waals surface area (Å²) in [4.78, 5) is 10.7. The van der Waals surface area contributed by atoms with Crippen molar-refractivity contribution in [2.75, 3.05) is 11.9 Å². The van der Waals surface area contributed by atoms with Crippen LogP contribution in [0.15, 0.2) is 30.5 Å². The zero-order valence-corrected chi connectivity index (χ0v) is 9.42. The van der Waals surface area contributed by atoms with Crippen molar-refractivity contribution < 1.29 is 9.90 Å². The summed E-state index contributed by atoms with van der Waals surface area (Å²) in [5.41, 5.74) is 0. The molecule has 0 amide bonds. The van der Waals surface area contributed by atoms with E-state index in [4.69, 9.17) is 5.11 Å². The molecule has 0 bridgehead atoms. The molecule has 1 atom stereocenters. The lowest BCUT2D eigenvalue weighted by molar-refractivity contribution is -0.140. The normalized spacial score (nSPS) is 12.3. The largest absolute Gasteiger partial charge is 0.481 e. The van der Waals surface area contributed by atoms with Gasteiger partial charge in [-0.3, -0.25) is 4.79 Å². The SMILES string of the molecule is CC(CNc1nncc2ccccc12)C(=O)O. The minimum Gasteiger partial charge on any atom is -0.481 e. The van der Waals surface area contributed by atoms with Crippen LogP contribution < -0.4 is 5.32 Å². The standard InChI is InChI=1S/C12H13N3O2/c1-8(12(16)17)6-13-11-10-5-3-2-4-9(10)7-14-15-11/h2-5,7-8H,6H2,1H3,(H,13,15)(H,16,17). The van der Waals surface area contributed by atoms with Crippen LogP contribution in [0, 0.1) is 5.92 Å². The number of hydrogen-bond donors (Lipinski definition) is 2. The fraction of sp³-hybridized carbons (Fsp3) is 0.250. The first kappa shape index (κ1) is 11.3. The lowest BCUT2D eigenvalue weighted by atomic mass is 10.1. The van der Waals surface area contributed by atoms with Crippen LogP contribution in [0.1, 0.15) is 6.92 Å². The fourth-order valence-electron chi connectivity index (χ4n) is 1.50. The van der Waals surface area contributed by atoms with E-state index in [1.165, 1.54) is 0 Å². The second-order valence-corrected chi connectivity index (χ2v) is 3.90. The van der Waals surface area contributed by atoms with Crippen molar-refractivity contribution in [3.05, 3.63) is 30.5 Å². The highest BCUT2D eigenvalue weighted by atomic mass is 16.4. The molecule has 5 heteroatoms. The van der Waals surface area contributed by atoms with Crippen LogP contribution in [0.5, 0.6) is 0 Å². The molecule has 1 aromatic carbocycles. The fourth-order valence-corrected chi connectivity index (χ4v) is 1.50. The molecule has 1 unspecified atom stereocenters. The maximum Gasteiger partial charge on any atom is 0.308 e. The van der Waals surface area contributed by atoms with Crippen molar-refractivity contribution in [1.29, 1.82) is 0 Å². The lowest BCUT2D eigenvalue weighted by Crippen LogP contribution is -2.20. The third-order valence-corrected chi connectivity index (χ3v) is 2.57. The van der Waals surface area contributed by atoms with Gasteiger partial charge >= 0.3 is 5.97 Å². The van der Waals surface area contributed by atoms with Gasteiger partial charge in [-0.05, 0) is 0 Å². The molecule has 2 rings (SSSR count). The molecule has 0 aliphatic carbocycles. The molecule has 0 aliphatic rings. The molecule has 88 valence electrons. The molecule has 2 aromatic rings. The van der Waals surface area contributed by atoms with Gasteiger partial charge in [0, 0.05) is 17.3 Å². The van der Waals surface area contributed by atoms with Crippen molar-refractivity contribution in [1.82, 2.24) is 10.2 Å². The van der Waals surface area contributed by atoms with Crippen molar-refractivity contribution in [2.45, 2.75) is 6.92 Å². The lowest BCUT2D eigenvalue weighted by Gasteiger charge is -2.10. The molecular weight excluding hydrogens is 218 g/mol. The monoisotopic (exact) mass is 231 g/mol. The van der Waals surface area contributed by atoms with Gasteiger partial charge in [-0.2, -0.15) is 5.10 Å². The smallest absolute Gasteiger partial charge is 0.308 e. The number of aliphatic carboxylic acids is 1. The highest BCUT2D eigenvalue weighted by Gasteiger charge is 2.11. The van der Waals surface area contributed by atoms with Crippen LogP contribution in [0.4, 0.5) is 5.82 Å². The van der Waals surface area contributed by atoms with E-state index in [1.807, 2.05) is 24.3 Å². The number of carboxylic acids is 1. The van der Waals surface area contributed by atoms with E-state index < -0.39 is 11.9 Å². The number of fused-ring (bicyclic) bond motifs is 1. The number of anilines is 1. The van der Waals surface area contributed by atoms with Gasteiger partial charge in [0.2, 0.25) is 0 Å². The van der Waals surface area contributed by atoms with Crippen LogP contribution in [0.2, 0.25) is 0 Å². The average molecular weight is 231 g/mol. The van der Waals surface area contributed by atoms with E-state index in [9.17, 15) is 4.79 Å². The molecular formula is C12H13N3O2. The Kier molecular flexibility index (Phi) is 3.18. The maximum absolute atomic E-state index is 10.7. The molecule has 0 aliphatic heterocycles. The van der Waals surface area contributed by atoms with Crippen molar-refractivity contribution in [3.63, 3.8) is 0 Å². The summed E-state index contributed by atoms with van der Waals surface area (Å²) in [6.07, 6.45) is 1.68. The van der Waals surface area contributed by atoms with Crippen LogP contribution in [-0.2, 0) is 4.79 Å². The van der Waals surface area contributed by atoms with Crippen LogP contribution in [0.25, 0.3) is 10.8 Å². The molecule has 2 N–H and O–H groups in total. The Morgan fingerprint density at radius 2 is 2.24 bits per heavy atom. The Balaban J connectivity index is 2.21. The van der Waals surface area contributed by atoms with Crippen molar-refractivity contribution in [3.8, 4) is 0 Å². The Bertz CT molecular complexity index is 537. The van der Waals surface area contributed by atoms with Gasteiger partial charge in [0.1, 0.15) is 0 Å². The van der Waals surface area contributed by atoms with E-state index in [2.05, 4.69) is 15.5 Å². The molecule has 0 radical (unpaired) electrons. The molecule has 0 saturated heterocycles. The Hall–Kier alpha value is -2.17. The van der Waals surface area contributed by atoms with Gasteiger partial charge in [0.15, 0.2) is 5.82 Å². The number of carbonyl (C=O) groups is 1. The summed E-state index contributed by atoms with van der Waals surface area (Å²) in [5, 5.41) is 21.6. The van der Waals surface area contributed by atoms with Gasteiger partial charge < -0.3 is 10.4 Å². The van der Waals surface area contributed by atoms with E-state index >= 15 is 0 Å². The Morgan fingerprint density at radius 3 is 3.00 bits per heavy atom. The zero-order chi connectivity index (χ0) is 12.3. The quantitative estimate of drug-likeness (QED) is 0.838. The molecule has 0 saturated carbocycles. The summed E-state index contributed by atoms with van der Waals surface area (Å²) in [6, 6.07) is 7.71. The number of nitrogens with one attached hydrogen (secondary N) is 1. The molecule has 17 heavy (non-hydrogen) atoms. The second-order valence-electron chi connectivity index (χ2n) is 3.90. The number of carboxylic acid groups (broad SMARTS) is 1. The van der Waals surface area contributed by atoms with E-state index in [1.54, 1.807) is 13.1 Å². The third kappa shape index (κ3) is 2.50. The third-order valence-electron chi connectivity index (χ3n) is 2.57. The number of benzene rings is 1. The minimum absolute atomic E-state index is 0.331. The molecule has 1 heterocycles.